The van der Waals surface area contributed by atoms with Crippen LogP contribution in [0.25, 0.3) is 44.6 Å². The molecular formula is C47H45F3N12O4. The number of hydrogen-bond acceptors (Lipinski definition) is 12. The van der Waals surface area contributed by atoms with Gasteiger partial charge < -0.3 is 30.7 Å². The molecule has 2 amide bonds. The maximum Gasteiger partial charge on any atom is 0.433 e. The fourth-order valence-corrected chi connectivity index (χ4v) is 7.02. The largest absolute Gasteiger partial charge is 0.484 e. The van der Waals surface area contributed by atoms with Gasteiger partial charge in [0.05, 0.1) is 23.4 Å². The number of fused-ring (bicyclic) bond motifs is 2. The van der Waals surface area contributed by atoms with Crippen LogP contribution in [0.15, 0.2) is 103 Å². The second-order valence-electron chi connectivity index (χ2n) is 15.9. The number of hydrogen-bond donors (Lipinski definition) is 6. The number of rotatable bonds is 17. The first kappa shape index (κ1) is 44.5. The van der Waals surface area contributed by atoms with Crippen LogP contribution < -0.4 is 30.7 Å². The fraction of sp³-hybridized carbons (Fsp3) is 0.234. The maximum absolute atomic E-state index is 14.0. The number of carbonyl (C=O) groups excluding carboxylic acids is 2. The van der Waals surface area contributed by atoms with Crippen molar-refractivity contribution in [1.82, 2.24) is 51.0 Å². The number of aryl methyl sites for hydroxylation is 1. The van der Waals surface area contributed by atoms with Gasteiger partial charge >= 0.3 is 6.18 Å². The Balaban J connectivity index is 0.936. The number of ether oxygens (including phenoxy) is 2. The first-order chi connectivity index (χ1) is 31.7. The Morgan fingerprint density at radius 1 is 0.682 bits per heavy atom. The summed E-state index contributed by atoms with van der Waals surface area (Å²) >= 11 is 0. The molecule has 16 nitrogen and oxygen atoms in total. The molecule has 0 saturated carbocycles. The standard InChI is InChI=1S/C47H45F3N12O4/c1-26(2)53-42(63)24-65-35-9-5-7-29(19-35)45-57-37(28(4)44(60-45)56-34-13-16-39-32(18-34)23-52-62-39)14-11-27(3)54-43(64)25-66-36-10-6-8-30(20-36)46-58-40(47(48,49)50)21-41(59-46)55-33-12-15-38-31(17-33)22-51-61-38/h5-10,12-13,15-23,26-27H,11,14,24-25H2,1-4H3,(H,51,61)(H,52,62)(H,53,63)(H,54,64)(H,55,58,59)(H,56,57,60). The van der Waals surface area contributed by atoms with Crippen molar-refractivity contribution in [1.29, 1.82) is 0 Å². The van der Waals surface area contributed by atoms with E-state index in [0.717, 1.165) is 44.8 Å². The van der Waals surface area contributed by atoms with Gasteiger partial charge in [0.1, 0.15) is 23.1 Å². The van der Waals surface area contributed by atoms with E-state index in [1.165, 1.54) is 6.07 Å². The maximum atomic E-state index is 14.0. The highest BCUT2D eigenvalue weighted by molar-refractivity contribution is 5.84. The summed E-state index contributed by atoms with van der Waals surface area (Å²) in [4.78, 5) is 43.5. The number of benzene rings is 4. The number of nitrogens with one attached hydrogen (secondary N) is 6. The lowest BCUT2D eigenvalue weighted by molar-refractivity contribution is -0.141. The molecule has 0 spiro atoms. The number of carbonyl (C=O) groups is 2. The van der Waals surface area contributed by atoms with Gasteiger partial charge in [0.15, 0.2) is 30.6 Å². The molecule has 0 bridgehead atoms. The minimum absolute atomic E-state index is 0.0194. The van der Waals surface area contributed by atoms with E-state index in [-0.39, 0.29) is 54.2 Å². The van der Waals surface area contributed by atoms with E-state index in [0.29, 0.717) is 41.5 Å². The van der Waals surface area contributed by atoms with Gasteiger partial charge in [-0.2, -0.15) is 23.4 Å². The molecule has 0 aliphatic rings. The number of H-pyrrole nitrogens is 2. The molecule has 0 fully saturated rings. The first-order valence-electron chi connectivity index (χ1n) is 21.0. The number of aromatic amines is 2. The molecule has 19 heteroatoms. The van der Waals surface area contributed by atoms with E-state index in [1.54, 1.807) is 60.9 Å². The lowest BCUT2D eigenvalue weighted by Crippen LogP contribution is -2.36. The second kappa shape index (κ2) is 19.3. The summed E-state index contributed by atoms with van der Waals surface area (Å²) < 4.78 is 53.6. The van der Waals surface area contributed by atoms with Crippen molar-refractivity contribution >= 4 is 56.6 Å². The molecule has 4 heterocycles. The normalized spacial score (nSPS) is 12.0. The van der Waals surface area contributed by atoms with Gasteiger partial charge in [-0.1, -0.05) is 24.3 Å². The highest BCUT2D eigenvalue weighted by Crippen LogP contribution is 2.33. The van der Waals surface area contributed by atoms with Gasteiger partial charge in [0.25, 0.3) is 11.8 Å². The zero-order valence-electron chi connectivity index (χ0n) is 36.2. The van der Waals surface area contributed by atoms with Crippen LogP contribution in [0.2, 0.25) is 0 Å². The van der Waals surface area contributed by atoms with E-state index in [2.05, 4.69) is 51.6 Å². The van der Waals surface area contributed by atoms with Gasteiger partial charge in [0.2, 0.25) is 0 Å². The molecule has 66 heavy (non-hydrogen) atoms. The molecule has 8 aromatic rings. The van der Waals surface area contributed by atoms with Crippen molar-refractivity contribution in [3.05, 3.63) is 120 Å². The van der Waals surface area contributed by atoms with Crippen LogP contribution in [0.3, 0.4) is 0 Å². The van der Waals surface area contributed by atoms with Crippen LogP contribution in [0.1, 0.15) is 44.1 Å². The Morgan fingerprint density at radius 2 is 1.26 bits per heavy atom. The van der Waals surface area contributed by atoms with Crippen molar-refractivity contribution in [2.45, 2.75) is 58.8 Å². The number of nitrogens with zero attached hydrogens (tertiary/aromatic N) is 6. The zero-order chi connectivity index (χ0) is 46.4. The smallest absolute Gasteiger partial charge is 0.433 e. The third kappa shape index (κ3) is 11.2. The van der Waals surface area contributed by atoms with Crippen molar-refractivity contribution in [3.8, 4) is 34.3 Å². The Labute approximate surface area is 376 Å². The number of aromatic nitrogens is 8. The fourth-order valence-electron chi connectivity index (χ4n) is 7.02. The van der Waals surface area contributed by atoms with E-state index >= 15 is 0 Å². The number of halogens is 3. The third-order valence-corrected chi connectivity index (χ3v) is 10.3. The summed E-state index contributed by atoms with van der Waals surface area (Å²) in [6.07, 6.45) is -0.422. The molecule has 4 aromatic carbocycles. The van der Waals surface area contributed by atoms with Crippen LogP contribution in [-0.4, -0.2) is 77.4 Å². The van der Waals surface area contributed by atoms with E-state index < -0.39 is 17.8 Å². The molecule has 1 unspecified atom stereocenters. The molecule has 1 atom stereocenters. The average molecular weight is 899 g/mol. The van der Waals surface area contributed by atoms with E-state index in [9.17, 15) is 22.8 Å². The summed E-state index contributed by atoms with van der Waals surface area (Å²) in [7, 11) is 0. The topological polar surface area (TPSA) is 210 Å². The van der Waals surface area contributed by atoms with Crippen molar-refractivity contribution < 1.29 is 32.2 Å². The molecule has 6 N–H and O–H groups in total. The van der Waals surface area contributed by atoms with Gasteiger partial charge in [-0.25, -0.2) is 19.9 Å². The van der Waals surface area contributed by atoms with Crippen LogP contribution in [-0.2, 0) is 22.2 Å². The van der Waals surface area contributed by atoms with Crippen molar-refractivity contribution in [2.24, 2.45) is 0 Å². The third-order valence-electron chi connectivity index (χ3n) is 10.3. The molecular weight excluding hydrogens is 854 g/mol. The van der Waals surface area contributed by atoms with Gasteiger partial charge in [-0.15, -0.1) is 0 Å². The number of amides is 2. The summed E-state index contributed by atoms with van der Waals surface area (Å²) in [5, 5.41) is 27.7. The summed E-state index contributed by atoms with van der Waals surface area (Å²) in [5.41, 5.74) is 4.33. The molecule has 8 rings (SSSR count). The Hall–Kier alpha value is -8.09. The first-order valence-corrected chi connectivity index (χ1v) is 21.0. The predicted octanol–water partition coefficient (Wildman–Crippen LogP) is 8.59. The van der Waals surface area contributed by atoms with Gasteiger partial charge in [-0.3, -0.25) is 19.8 Å². The summed E-state index contributed by atoms with van der Waals surface area (Å²) in [5.74, 6) is 0.847. The SMILES string of the molecule is Cc1c(CCC(C)NC(=O)COc2cccc(-c3nc(Nc4ccc5[nH]ncc5c4)cc(C(F)(F)F)n3)c2)nc(-c2cccc(OCC(=O)NC(C)C)c2)nc1Nc1ccc2[nH]ncc2c1. The van der Waals surface area contributed by atoms with Crippen molar-refractivity contribution in [2.75, 3.05) is 23.8 Å². The Morgan fingerprint density at radius 3 is 1.85 bits per heavy atom. The average Bonchev–Trinajstić information content (AvgIpc) is 3.97. The lowest BCUT2D eigenvalue weighted by Gasteiger charge is -2.18. The Kier molecular flexibility index (Phi) is 13.0. The van der Waals surface area contributed by atoms with E-state index in [1.807, 2.05) is 58.0 Å². The van der Waals surface area contributed by atoms with Crippen LogP contribution in [0.5, 0.6) is 11.5 Å². The van der Waals surface area contributed by atoms with Crippen LogP contribution >= 0.6 is 0 Å². The highest BCUT2D eigenvalue weighted by Gasteiger charge is 2.34. The van der Waals surface area contributed by atoms with Gasteiger partial charge in [-0.05, 0) is 101 Å². The minimum atomic E-state index is -4.74. The van der Waals surface area contributed by atoms with Crippen molar-refractivity contribution in [3.63, 3.8) is 0 Å². The summed E-state index contributed by atoms with van der Waals surface area (Å²) in [6.45, 7) is 7.05. The second-order valence-corrected chi connectivity index (χ2v) is 15.9. The number of alkyl halides is 3. The molecule has 0 radical (unpaired) electrons. The molecule has 0 saturated heterocycles. The minimum Gasteiger partial charge on any atom is -0.484 e. The van der Waals surface area contributed by atoms with Crippen LogP contribution in [0.4, 0.5) is 36.2 Å². The highest BCUT2D eigenvalue weighted by atomic mass is 19.4. The van der Waals surface area contributed by atoms with Gasteiger partial charge in [0, 0.05) is 62.7 Å². The lowest BCUT2D eigenvalue weighted by atomic mass is 10.1. The predicted molar refractivity (Wildman–Crippen MR) is 244 cm³/mol. The zero-order valence-corrected chi connectivity index (χ0v) is 36.2. The Bertz CT molecular complexity index is 3030. The molecule has 0 aliphatic carbocycles. The summed E-state index contributed by atoms with van der Waals surface area (Å²) in [6, 6.07) is 24.9. The van der Waals surface area contributed by atoms with Crippen LogP contribution in [0, 0.1) is 6.92 Å². The molecule has 0 aliphatic heterocycles. The monoisotopic (exact) mass is 898 g/mol. The molecule has 338 valence electrons. The quantitative estimate of drug-likeness (QED) is 0.0508. The van der Waals surface area contributed by atoms with E-state index in [4.69, 9.17) is 19.4 Å². The number of anilines is 4. The molecule has 4 aromatic heterocycles.